The molecule has 134 valence electrons. The van der Waals surface area contributed by atoms with Gasteiger partial charge in [0.05, 0.1) is 6.26 Å². The lowest BCUT2D eigenvalue weighted by atomic mass is 10.1. The Morgan fingerprint density at radius 2 is 2.16 bits per heavy atom. The quantitative estimate of drug-likeness (QED) is 0.300. The highest BCUT2D eigenvalue weighted by molar-refractivity contribution is 14.0. The average Bonchev–Trinajstić information content (AvgIpc) is 3.22. The van der Waals surface area contributed by atoms with Crippen molar-refractivity contribution in [2.75, 3.05) is 13.1 Å². The molecule has 0 atom stereocenters. The van der Waals surface area contributed by atoms with E-state index in [-0.39, 0.29) is 29.8 Å². The molecule has 3 N–H and O–H groups in total. The minimum absolute atomic E-state index is 0. The van der Waals surface area contributed by atoms with Crippen LogP contribution in [0.4, 0.5) is 4.39 Å². The van der Waals surface area contributed by atoms with E-state index in [0.29, 0.717) is 6.54 Å². The minimum atomic E-state index is -0.228. The van der Waals surface area contributed by atoms with Crippen LogP contribution in [-0.2, 0) is 13.0 Å². The fraction of sp³-hybridized carbons (Fsp3) is 0.278. The van der Waals surface area contributed by atoms with Crippen LogP contribution in [0.2, 0.25) is 0 Å². The Labute approximate surface area is 163 Å². The maximum absolute atomic E-state index is 13.2. The number of nitrogens with one attached hydrogen (secondary N) is 3. The van der Waals surface area contributed by atoms with Crippen LogP contribution in [0.3, 0.4) is 0 Å². The molecular formula is C18H22FIN4O. The van der Waals surface area contributed by atoms with Gasteiger partial charge in [-0.3, -0.25) is 0 Å². The number of rotatable bonds is 6. The Kier molecular flexibility index (Phi) is 7.30. The van der Waals surface area contributed by atoms with Gasteiger partial charge in [-0.05, 0) is 49.2 Å². The van der Waals surface area contributed by atoms with Crippen molar-refractivity contribution >= 4 is 40.8 Å². The van der Waals surface area contributed by atoms with Crippen molar-refractivity contribution < 1.29 is 8.81 Å². The summed E-state index contributed by atoms with van der Waals surface area (Å²) in [7, 11) is 0. The highest BCUT2D eigenvalue weighted by atomic mass is 127. The molecule has 25 heavy (non-hydrogen) atoms. The Balaban J connectivity index is 0.00000225. The molecule has 0 bridgehead atoms. The summed E-state index contributed by atoms with van der Waals surface area (Å²) >= 11 is 0. The number of guanidine groups is 1. The number of aromatic nitrogens is 1. The van der Waals surface area contributed by atoms with Crippen molar-refractivity contribution in [2.45, 2.75) is 19.9 Å². The van der Waals surface area contributed by atoms with Crippen LogP contribution in [-0.4, -0.2) is 24.0 Å². The van der Waals surface area contributed by atoms with Crippen molar-refractivity contribution in [2.24, 2.45) is 4.99 Å². The predicted molar refractivity (Wildman–Crippen MR) is 109 cm³/mol. The van der Waals surface area contributed by atoms with E-state index < -0.39 is 0 Å². The summed E-state index contributed by atoms with van der Waals surface area (Å²) < 4.78 is 18.5. The largest absolute Gasteiger partial charge is 0.467 e. The summed E-state index contributed by atoms with van der Waals surface area (Å²) in [4.78, 5) is 7.60. The molecular weight excluding hydrogens is 434 g/mol. The van der Waals surface area contributed by atoms with E-state index in [0.717, 1.165) is 47.7 Å². The predicted octanol–water partition coefficient (Wildman–Crippen LogP) is 3.82. The van der Waals surface area contributed by atoms with Crippen molar-refractivity contribution in [3.05, 3.63) is 59.9 Å². The number of fused-ring (bicyclic) bond motifs is 1. The lowest BCUT2D eigenvalue weighted by Crippen LogP contribution is -2.38. The van der Waals surface area contributed by atoms with E-state index in [9.17, 15) is 4.39 Å². The van der Waals surface area contributed by atoms with Gasteiger partial charge in [0.15, 0.2) is 5.96 Å². The van der Waals surface area contributed by atoms with Gasteiger partial charge in [0.2, 0.25) is 0 Å². The third-order valence-corrected chi connectivity index (χ3v) is 3.73. The van der Waals surface area contributed by atoms with Crippen LogP contribution in [0, 0.1) is 5.82 Å². The van der Waals surface area contributed by atoms with Crippen LogP contribution in [0.25, 0.3) is 10.9 Å². The molecule has 3 rings (SSSR count). The number of nitrogens with zero attached hydrogens (tertiary/aromatic N) is 1. The van der Waals surface area contributed by atoms with Gasteiger partial charge in [-0.1, -0.05) is 0 Å². The third-order valence-electron chi connectivity index (χ3n) is 3.73. The van der Waals surface area contributed by atoms with Gasteiger partial charge < -0.3 is 20.0 Å². The van der Waals surface area contributed by atoms with Crippen molar-refractivity contribution in [3.8, 4) is 0 Å². The molecule has 0 radical (unpaired) electrons. The van der Waals surface area contributed by atoms with Gasteiger partial charge in [-0.25, -0.2) is 9.38 Å². The average molecular weight is 456 g/mol. The van der Waals surface area contributed by atoms with Crippen molar-refractivity contribution in [1.82, 2.24) is 15.6 Å². The molecule has 3 aromatic rings. The summed E-state index contributed by atoms with van der Waals surface area (Å²) in [6.45, 7) is 4.04. The van der Waals surface area contributed by atoms with Crippen LogP contribution < -0.4 is 10.6 Å². The van der Waals surface area contributed by atoms with E-state index in [1.807, 2.05) is 31.3 Å². The van der Waals surface area contributed by atoms with Crippen LogP contribution in [0.15, 0.2) is 52.2 Å². The van der Waals surface area contributed by atoms with Gasteiger partial charge in [-0.2, -0.15) is 0 Å². The van der Waals surface area contributed by atoms with Gasteiger partial charge in [0.1, 0.15) is 18.1 Å². The maximum atomic E-state index is 13.2. The first-order valence-electron chi connectivity index (χ1n) is 8.06. The zero-order chi connectivity index (χ0) is 16.8. The second-order valence-electron chi connectivity index (χ2n) is 5.46. The molecule has 1 aromatic carbocycles. The van der Waals surface area contributed by atoms with E-state index in [4.69, 9.17) is 4.42 Å². The lowest BCUT2D eigenvalue weighted by Gasteiger charge is -2.10. The summed E-state index contributed by atoms with van der Waals surface area (Å²) in [5.41, 5.74) is 1.97. The number of halogens is 2. The molecule has 0 unspecified atom stereocenters. The van der Waals surface area contributed by atoms with E-state index in [2.05, 4.69) is 20.6 Å². The van der Waals surface area contributed by atoms with Gasteiger partial charge in [0.25, 0.3) is 0 Å². The molecule has 0 saturated carbocycles. The topological polar surface area (TPSA) is 65.3 Å². The van der Waals surface area contributed by atoms with Gasteiger partial charge >= 0.3 is 0 Å². The monoisotopic (exact) mass is 456 g/mol. The summed E-state index contributed by atoms with van der Waals surface area (Å²) in [6, 6.07) is 8.57. The Morgan fingerprint density at radius 1 is 1.28 bits per heavy atom. The highest BCUT2D eigenvalue weighted by Gasteiger charge is 2.05. The van der Waals surface area contributed by atoms with Crippen molar-refractivity contribution in [1.29, 1.82) is 0 Å². The third kappa shape index (κ3) is 5.22. The number of aromatic amines is 1. The zero-order valence-electron chi connectivity index (χ0n) is 14.0. The SMILES string of the molecule is CCNC(=NCc1ccco1)NCCc1c[nH]c2cc(F)ccc12.I. The summed E-state index contributed by atoms with van der Waals surface area (Å²) in [5.74, 6) is 1.35. The summed E-state index contributed by atoms with van der Waals surface area (Å²) in [5, 5.41) is 7.57. The first-order valence-corrected chi connectivity index (χ1v) is 8.06. The molecule has 0 aliphatic heterocycles. The zero-order valence-corrected chi connectivity index (χ0v) is 16.3. The fourth-order valence-corrected chi connectivity index (χ4v) is 2.58. The Morgan fingerprint density at radius 3 is 2.92 bits per heavy atom. The second-order valence-corrected chi connectivity index (χ2v) is 5.46. The second kappa shape index (κ2) is 9.45. The van der Waals surface area contributed by atoms with Crippen LogP contribution >= 0.6 is 24.0 Å². The number of hydrogen-bond donors (Lipinski definition) is 3. The highest BCUT2D eigenvalue weighted by Crippen LogP contribution is 2.19. The smallest absolute Gasteiger partial charge is 0.191 e. The number of benzene rings is 1. The lowest BCUT2D eigenvalue weighted by molar-refractivity contribution is 0.512. The normalized spacial score (nSPS) is 11.4. The van der Waals surface area contributed by atoms with E-state index in [1.165, 1.54) is 12.1 Å². The molecule has 2 aromatic heterocycles. The molecule has 7 heteroatoms. The maximum Gasteiger partial charge on any atom is 0.191 e. The fourth-order valence-electron chi connectivity index (χ4n) is 2.58. The van der Waals surface area contributed by atoms with E-state index in [1.54, 1.807) is 6.26 Å². The number of H-pyrrole nitrogens is 1. The Bertz CT molecular complexity index is 814. The van der Waals surface area contributed by atoms with Gasteiger partial charge in [-0.15, -0.1) is 24.0 Å². The first-order chi connectivity index (χ1) is 11.8. The molecule has 0 spiro atoms. The van der Waals surface area contributed by atoms with Gasteiger partial charge in [0, 0.05) is 30.2 Å². The Hall–Kier alpha value is -2.03. The number of hydrogen-bond acceptors (Lipinski definition) is 2. The summed E-state index contributed by atoms with van der Waals surface area (Å²) in [6.07, 6.45) is 4.39. The standard InChI is InChI=1S/C18H21FN4O.HI/c1-2-20-18(23-12-15-4-3-9-24-15)21-8-7-13-11-22-17-10-14(19)5-6-16(13)17;/h3-6,9-11,22H,2,7-8,12H2,1H3,(H2,20,21,23);1H. The van der Waals surface area contributed by atoms with Crippen LogP contribution in [0.5, 0.6) is 0 Å². The first kappa shape index (κ1) is 19.3. The molecule has 0 amide bonds. The molecule has 0 fully saturated rings. The molecule has 0 saturated heterocycles. The minimum Gasteiger partial charge on any atom is -0.467 e. The number of aliphatic imine (C=N–C) groups is 1. The van der Waals surface area contributed by atoms with E-state index >= 15 is 0 Å². The van der Waals surface area contributed by atoms with Crippen LogP contribution in [0.1, 0.15) is 18.2 Å². The molecule has 0 aliphatic carbocycles. The van der Waals surface area contributed by atoms with Crippen molar-refractivity contribution in [3.63, 3.8) is 0 Å². The molecule has 2 heterocycles. The molecule has 5 nitrogen and oxygen atoms in total. The number of furan rings is 1. The molecule has 0 aliphatic rings.